The minimum atomic E-state index is -0.563. The largest absolute Gasteiger partial charge is 0.453 e. The van der Waals surface area contributed by atoms with Crippen molar-refractivity contribution in [3.05, 3.63) is 71.8 Å². The Labute approximate surface area is 194 Å². The third-order valence-electron chi connectivity index (χ3n) is 4.86. The van der Waals surface area contributed by atoms with E-state index in [9.17, 15) is 9.18 Å². The molecule has 3 aromatic heterocycles. The van der Waals surface area contributed by atoms with Gasteiger partial charge in [-0.2, -0.15) is 0 Å². The number of nitrogens with zero attached hydrogens (tertiary/aromatic N) is 2. The molecule has 3 heterocycles. The highest BCUT2D eigenvalue weighted by Crippen LogP contribution is 2.39. The van der Waals surface area contributed by atoms with Crippen molar-refractivity contribution in [1.82, 2.24) is 15.3 Å². The average molecular weight is 467 g/mol. The van der Waals surface area contributed by atoms with Crippen molar-refractivity contribution in [3.63, 3.8) is 0 Å². The van der Waals surface area contributed by atoms with Crippen LogP contribution in [0.5, 0.6) is 11.5 Å². The number of hydrogen-bond acceptors (Lipinski definition) is 7. The Morgan fingerprint density at radius 2 is 1.97 bits per heavy atom. The molecule has 33 heavy (non-hydrogen) atoms. The van der Waals surface area contributed by atoms with Crippen molar-refractivity contribution in [2.45, 2.75) is 13.0 Å². The van der Waals surface area contributed by atoms with E-state index in [1.807, 2.05) is 24.4 Å². The third-order valence-corrected chi connectivity index (χ3v) is 6.02. The Balaban J connectivity index is 1.53. The molecule has 170 valence electrons. The second kappa shape index (κ2) is 10.5. The molecule has 1 aromatic carbocycles. The van der Waals surface area contributed by atoms with Crippen molar-refractivity contribution < 1.29 is 18.7 Å². The van der Waals surface area contributed by atoms with E-state index in [1.165, 1.54) is 23.5 Å². The van der Waals surface area contributed by atoms with Crippen LogP contribution in [-0.4, -0.2) is 36.1 Å². The predicted molar refractivity (Wildman–Crippen MR) is 126 cm³/mol. The van der Waals surface area contributed by atoms with Crippen LogP contribution in [0, 0.1) is 5.82 Å². The second-order valence-corrected chi connectivity index (χ2v) is 8.42. The smallest absolute Gasteiger partial charge is 0.221 e. The molecule has 0 aliphatic rings. The van der Waals surface area contributed by atoms with Gasteiger partial charge in [-0.15, -0.1) is 11.3 Å². The molecule has 3 N–H and O–H groups in total. The minimum absolute atomic E-state index is 0.0278. The topological polar surface area (TPSA) is 99.4 Å². The molecule has 4 aromatic rings. The quantitative estimate of drug-likeness (QED) is 0.342. The van der Waals surface area contributed by atoms with Gasteiger partial charge in [-0.25, -0.2) is 4.39 Å². The molecular weight excluding hydrogens is 443 g/mol. The first kappa shape index (κ1) is 22.8. The fourth-order valence-corrected chi connectivity index (χ4v) is 4.30. The van der Waals surface area contributed by atoms with Crippen LogP contribution in [0.3, 0.4) is 0 Å². The van der Waals surface area contributed by atoms with Gasteiger partial charge >= 0.3 is 0 Å². The van der Waals surface area contributed by atoms with Gasteiger partial charge in [0.1, 0.15) is 5.75 Å². The number of hydrogen-bond donors (Lipinski definition) is 2. The lowest BCUT2D eigenvalue weighted by atomic mass is 10.1. The number of nitrogens with two attached hydrogens (primary N) is 1. The molecule has 0 saturated carbocycles. The summed E-state index contributed by atoms with van der Waals surface area (Å²) in [6.07, 6.45) is 3.43. The maximum absolute atomic E-state index is 14.5. The number of aromatic nitrogens is 2. The van der Waals surface area contributed by atoms with Crippen LogP contribution >= 0.6 is 11.3 Å². The lowest BCUT2D eigenvalue weighted by molar-refractivity contribution is -0.117. The van der Waals surface area contributed by atoms with Gasteiger partial charge in [0.2, 0.25) is 5.91 Å². The molecule has 0 radical (unpaired) electrons. The zero-order chi connectivity index (χ0) is 23.2. The van der Waals surface area contributed by atoms with Gasteiger partial charge in [0.05, 0.1) is 33.8 Å². The molecule has 0 saturated heterocycles. The first-order chi connectivity index (χ1) is 16.0. The Morgan fingerprint density at radius 3 is 2.70 bits per heavy atom. The number of benzene rings is 1. The van der Waals surface area contributed by atoms with E-state index in [1.54, 1.807) is 25.4 Å². The van der Waals surface area contributed by atoms with E-state index < -0.39 is 11.7 Å². The van der Waals surface area contributed by atoms with Crippen molar-refractivity contribution in [3.8, 4) is 22.1 Å². The van der Waals surface area contributed by atoms with Gasteiger partial charge in [-0.1, -0.05) is 12.1 Å². The molecule has 0 atom stereocenters. The number of carbonyl (C=O) groups is 1. The van der Waals surface area contributed by atoms with Crippen LogP contribution in [-0.2, 0) is 22.5 Å². The molecule has 0 aliphatic heterocycles. The third kappa shape index (κ3) is 5.70. The van der Waals surface area contributed by atoms with Crippen molar-refractivity contribution in [2.75, 3.05) is 20.3 Å². The summed E-state index contributed by atoms with van der Waals surface area (Å²) in [6.45, 7) is 2.15. The number of fused-ring (bicyclic) bond motifs is 1. The molecule has 0 spiro atoms. The predicted octanol–water partition coefficient (Wildman–Crippen LogP) is 4.05. The van der Waals surface area contributed by atoms with Crippen LogP contribution in [0.25, 0.3) is 20.8 Å². The summed E-state index contributed by atoms with van der Waals surface area (Å²) in [7, 11) is 1.67. The number of primary amides is 1. The van der Waals surface area contributed by atoms with Crippen molar-refractivity contribution >= 4 is 27.5 Å². The maximum Gasteiger partial charge on any atom is 0.221 e. The summed E-state index contributed by atoms with van der Waals surface area (Å²) < 4.78 is 26.2. The number of nitrogens with one attached hydrogen (secondary N) is 1. The average Bonchev–Trinajstić information content (AvgIpc) is 3.24. The first-order valence-corrected chi connectivity index (χ1v) is 11.1. The summed E-state index contributed by atoms with van der Waals surface area (Å²) in [5, 5.41) is 3.29. The number of carbonyl (C=O) groups excluding carboxylic acids is 1. The van der Waals surface area contributed by atoms with E-state index in [0.29, 0.717) is 24.5 Å². The monoisotopic (exact) mass is 466 g/mol. The standard InChI is InChI=1S/C24H23FN4O3S/c1-31-9-8-27-13-16-2-4-18(29-14-16)22-12-19-24(33-22)21(6-7-28-19)32-20-5-3-15(10-17(20)25)11-23(26)30/h2-7,10,12,14,27H,8-9,11,13H2,1H3,(H2,26,30). The van der Waals surface area contributed by atoms with E-state index in [-0.39, 0.29) is 12.2 Å². The van der Waals surface area contributed by atoms with Crippen molar-refractivity contribution in [1.29, 1.82) is 0 Å². The van der Waals surface area contributed by atoms with Gasteiger partial charge in [0.15, 0.2) is 11.6 Å². The highest BCUT2D eigenvalue weighted by Gasteiger charge is 2.14. The molecule has 0 fully saturated rings. The van der Waals surface area contributed by atoms with E-state index in [0.717, 1.165) is 32.9 Å². The Kier molecular flexibility index (Phi) is 7.23. The number of thiophene rings is 1. The van der Waals surface area contributed by atoms with Crippen LogP contribution < -0.4 is 15.8 Å². The minimum Gasteiger partial charge on any atom is -0.453 e. The maximum atomic E-state index is 14.5. The molecule has 0 bridgehead atoms. The lowest BCUT2D eigenvalue weighted by Gasteiger charge is -2.08. The van der Waals surface area contributed by atoms with E-state index in [4.69, 9.17) is 15.2 Å². The zero-order valence-corrected chi connectivity index (χ0v) is 18.8. The Morgan fingerprint density at radius 1 is 1.12 bits per heavy atom. The number of pyridine rings is 2. The number of methoxy groups -OCH3 is 1. The Hall–Kier alpha value is -3.40. The van der Waals surface area contributed by atoms with Crippen LogP contribution in [0.2, 0.25) is 0 Å². The summed E-state index contributed by atoms with van der Waals surface area (Å²) in [5.41, 5.74) is 8.32. The van der Waals surface area contributed by atoms with E-state index >= 15 is 0 Å². The number of amides is 1. The Bertz CT molecular complexity index is 1260. The van der Waals surface area contributed by atoms with Gasteiger partial charge < -0.3 is 20.5 Å². The first-order valence-electron chi connectivity index (χ1n) is 10.3. The molecule has 9 heteroatoms. The highest BCUT2D eigenvalue weighted by molar-refractivity contribution is 7.22. The molecule has 7 nitrogen and oxygen atoms in total. The van der Waals surface area contributed by atoms with Crippen LogP contribution in [0.4, 0.5) is 4.39 Å². The number of halogens is 1. The number of rotatable bonds is 10. The van der Waals surface area contributed by atoms with Crippen molar-refractivity contribution in [2.24, 2.45) is 5.73 Å². The molecule has 0 aliphatic carbocycles. The van der Waals surface area contributed by atoms with Crippen LogP contribution in [0.1, 0.15) is 11.1 Å². The highest BCUT2D eigenvalue weighted by atomic mass is 32.1. The van der Waals surface area contributed by atoms with Crippen LogP contribution in [0.15, 0.2) is 54.9 Å². The SMILES string of the molecule is COCCNCc1ccc(-c2cc3nccc(Oc4ccc(CC(N)=O)cc4F)c3s2)nc1. The fraction of sp³-hybridized carbons (Fsp3) is 0.208. The lowest BCUT2D eigenvalue weighted by Crippen LogP contribution is -2.18. The van der Waals surface area contributed by atoms with Gasteiger partial charge in [-0.3, -0.25) is 14.8 Å². The normalized spacial score (nSPS) is 11.1. The van der Waals surface area contributed by atoms with E-state index in [2.05, 4.69) is 15.3 Å². The molecule has 1 amide bonds. The zero-order valence-electron chi connectivity index (χ0n) is 18.0. The van der Waals surface area contributed by atoms with Gasteiger partial charge in [-0.05, 0) is 35.4 Å². The summed E-state index contributed by atoms with van der Waals surface area (Å²) in [5.74, 6) is -0.522. The fourth-order valence-electron chi connectivity index (χ4n) is 3.26. The second-order valence-electron chi connectivity index (χ2n) is 7.37. The van der Waals surface area contributed by atoms with Gasteiger partial charge in [0, 0.05) is 38.7 Å². The molecular formula is C24H23FN4O3S. The van der Waals surface area contributed by atoms with Gasteiger partial charge in [0.25, 0.3) is 0 Å². The molecule has 4 rings (SSSR count). The number of ether oxygens (including phenoxy) is 2. The molecule has 0 unspecified atom stereocenters. The summed E-state index contributed by atoms with van der Waals surface area (Å²) >= 11 is 1.48. The summed E-state index contributed by atoms with van der Waals surface area (Å²) in [6, 6.07) is 12.0. The summed E-state index contributed by atoms with van der Waals surface area (Å²) in [4.78, 5) is 21.0.